The number of hydrogen-bond acceptors (Lipinski definition) is 4. The summed E-state index contributed by atoms with van der Waals surface area (Å²) < 4.78 is 5.23. The molecule has 1 aromatic rings. The molecule has 1 fully saturated rings. The van der Waals surface area contributed by atoms with Crippen LogP contribution in [0.3, 0.4) is 0 Å². The third-order valence-corrected chi connectivity index (χ3v) is 4.39. The van der Waals surface area contributed by atoms with E-state index in [1.807, 2.05) is 29.2 Å². The van der Waals surface area contributed by atoms with Crippen LogP contribution < -0.4 is 0 Å². The fourth-order valence-corrected chi connectivity index (χ4v) is 3.02. The molecule has 0 bridgehead atoms. The van der Waals surface area contributed by atoms with Crippen molar-refractivity contribution in [3.63, 3.8) is 0 Å². The summed E-state index contributed by atoms with van der Waals surface area (Å²) in [6.07, 6.45) is 12.6. The minimum Gasteiger partial charge on any atom is -0.481 e. The second-order valence-corrected chi connectivity index (χ2v) is 6.50. The van der Waals surface area contributed by atoms with Gasteiger partial charge in [0.2, 0.25) is 5.91 Å². The van der Waals surface area contributed by atoms with Crippen molar-refractivity contribution in [2.24, 2.45) is 0 Å². The molecular formula is C20H27NO5. The minimum absolute atomic E-state index is 0.0221. The Morgan fingerprint density at radius 1 is 1.42 bits per heavy atom. The van der Waals surface area contributed by atoms with Crippen molar-refractivity contribution in [3.05, 3.63) is 48.5 Å². The monoisotopic (exact) mass is 361 g/mol. The lowest BCUT2D eigenvalue weighted by atomic mass is 10.00. The maximum absolute atomic E-state index is 12.2. The predicted octanol–water partition coefficient (Wildman–Crippen LogP) is 2.93. The van der Waals surface area contributed by atoms with Crippen molar-refractivity contribution in [2.75, 3.05) is 6.54 Å². The molecule has 0 spiro atoms. The number of rotatable bonds is 10. The Morgan fingerprint density at radius 2 is 2.27 bits per heavy atom. The standard InChI is InChI=1S/C20H27NO5/c22-17(15-18-8-6-14-26-18)12-11-16-7-5-9-19(23)21(16)13-4-2-1-3-10-20(24)25/h2,4,6,8,11-12,14,16-17,22H,1,3,5,7,9-10,13,15H2,(H,24,25)/b4-2-,12-11+/t16-,17?/m1/s1. The molecule has 2 rings (SSSR count). The first-order valence-electron chi connectivity index (χ1n) is 9.11. The van der Waals surface area contributed by atoms with Gasteiger partial charge in [0.15, 0.2) is 0 Å². The number of nitrogens with zero attached hydrogens (tertiary/aromatic N) is 1. The Labute approximate surface area is 153 Å². The van der Waals surface area contributed by atoms with Gasteiger partial charge in [-0.1, -0.05) is 24.3 Å². The number of aliphatic hydroxyl groups is 1. The smallest absolute Gasteiger partial charge is 0.303 e. The van der Waals surface area contributed by atoms with Gasteiger partial charge in [0, 0.05) is 25.8 Å². The van der Waals surface area contributed by atoms with Crippen LogP contribution in [0.4, 0.5) is 0 Å². The van der Waals surface area contributed by atoms with Crippen LogP contribution >= 0.6 is 0 Å². The molecule has 2 heterocycles. The number of carboxylic acids is 1. The van der Waals surface area contributed by atoms with E-state index in [9.17, 15) is 14.7 Å². The highest BCUT2D eigenvalue weighted by Crippen LogP contribution is 2.20. The van der Waals surface area contributed by atoms with Gasteiger partial charge >= 0.3 is 5.97 Å². The van der Waals surface area contributed by atoms with Gasteiger partial charge in [-0.15, -0.1) is 0 Å². The normalized spacial score (nSPS) is 19.5. The first-order valence-corrected chi connectivity index (χ1v) is 9.11. The van der Waals surface area contributed by atoms with E-state index in [1.54, 1.807) is 18.4 Å². The number of amides is 1. The number of aliphatic hydroxyl groups excluding tert-OH is 1. The molecule has 0 aliphatic carbocycles. The minimum atomic E-state index is -0.789. The molecule has 142 valence electrons. The molecule has 2 N–H and O–H groups in total. The van der Waals surface area contributed by atoms with E-state index in [2.05, 4.69) is 0 Å². The first kappa shape index (κ1) is 20.0. The number of carbonyl (C=O) groups is 2. The molecule has 0 saturated carbocycles. The van der Waals surface area contributed by atoms with E-state index in [-0.39, 0.29) is 18.4 Å². The Balaban J connectivity index is 1.84. The average Bonchev–Trinajstić information content (AvgIpc) is 3.10. The SMILES string of the molecule is O=C(O)CCC/C=C\CN1C(=O)CCC[C@@H]1/C=C/C(O)Cc1ccco1. The highest BCUT2D eigenvalue weighted by atomic mass is 16.4. The Morgan fingerprint density at radius 3 is 3.00 bits per heavy atom. The van der Waals surface area contributed by atoms with E-state index in [0.29, 0.717) is 32.2 Å². The second kappa shape index (κ2) is 10.6. The quantitative estimate of drug-likeness (QED) is 0.494. The molecule has 1 unspecified atom stereocenters. The molecule has 6 heteroatoms. The Kier molecular flexibility index (Phi) is 8.15. The van der Waals surface area contributed by atoms with Crippen LogP contribution in [0.5, 0.6) is 0 Å². The number of allylic oxidation sites excluding steroid dienone is 1. The number of carboxylic acid groups (broad SMARTS) is 1. The van der Waals surface area contributed by atoms with E-state index in [1.165, 1.54) is 0 Å². The fourth-order valence-electron chi connectivity index (χ4n) is 3.02. The van der Waals surface area contributed by atoms with Gasteiger partial charge in [-0.05, 0) is 37.8 Å². The van der Waals surface area contributed by atoms with Gasteiger partial charge < -0.3 is 19.5 Å². The van der Waals surface area contributed by atoms with Crippen LogP contribution in [-0.2, 0) is 16.0 Å². The Bertz CT molecular complexity index is 620. The fraction of sp³-hybridized carbons (Fsp3) is 0.500. The molecule has 1 aromatic heterocycles. The number of likely N-dealkylation sites (tertiary alicyclic amines) is 1. The molecule has 1 aliphatic rings. The van der Waals surface area contributed by atoms with Gasteiger partial charge in [0.25, 0.3) is 0 Å². The van der Waals surface area contributed by atoms with Crippen LogP contribution in [0.1, 0.15) is 44.3 Å². The molecule has 0 radical (unpaired) electrons. The second-order valence-electron chi connectivity index (χ2n) is 6.50. The number of hydrogen-bond donors (Lipinski definition) is 2. The summed E-state index contributed by atoms with van der Waals surface area (Å²) in [7, 11) is 0. The maximum atomic E-state index is 12.2. The zero-order chi connectivity index (χ0) is 18.8. The molecule has 26 heavy (non-hydrogen) atoms. The van der Waals surface area contributed by atoms with Crippen molar-refractivity contribution >= 4 is 11.9 Å². The lowest BCUT2D eigenvalue weighted by Gasteiger charge is -2.33. The summed E-state index contributed by atoms with van der Waals surface area (Å²) in [6, 6.07) is 3.59. The van der Waals surface area contributed by atoms with Gasteiger partial charge in [0.1, 0.15) is 5.76 Å². The van der Waals surface area contributed by atoms with Gasteiger partial charge in [0.05, 0.1) is 18.4 Å². The zero-order valence-electron chi connectivity index (χ0n) is 14.9. The molecule has 0 aromatic carbocycles. The predicted molar refractivity (Wildman–Crippen MR) is 97.5 cm³/mol. The lowest BCUT2D eigenvalue weighted by molar-refractivity contribution is -0.137. The van der Waals surface area contributed by atoms with Crippen molar-refractivity contribution in [1.82, 2.24) is 4.90 Å². The van der Waals surface area contributed by atoms with Crippen molar-refractivity contribution in [3.8, 4) is 0 Å². The third-order valence-electron chi connectivity index (χ3n) is 4.39. The Hall–Kier alpha value is -2.34. The highest BCUT2D eigenvalue weighted by Gasteiger charge is 2.25. The van der Waals surface area contributed by atoms with Crippen LogP contribution in [0.25, 0.3) is 0 Å². The summed E-state index contributed by atoms with van der Waals surface area (Å²) in [5.74, 6) is 0.0487. The number of furan rings is 1. The summed E-state index contributed by atoms with van der Waals surface area (Å²) in [5.41, 5.74) is 0. The largest absolute Gasteiger partial charge is 0.481 e. The molecule has 6 nitrogen and oxygen atoms in total. The maximum Gasteiger partial charge on any atom is 0.303 e. The molecule has 1 saturated heterocycles. The van der Waals surface area contributed by atoms with Crippen LogP contribution in [0.2, 0.25) is 0 Å². The molecule has 2 atom stereocenters. The first-order chi connectivity index (χ1) is 12.6. The highest BCUT2D eigenvalue weighted by molar-refractivity contribution is 5.77. The van der Waals surface area contributed by atoms with Crippen LogP contribution in [0.15, 0.2) is 47.1 Å². The van der Waals surface area contributed by atoms with Crippen LogP contribution in [-0.4, -0.2) is 45.7 Å². The van der Waals surface area contributed by atoms with Gasteiger partial charge in [-0.2, -0.15) is 0 Å². The summed E-state index contributed by atoms with van der Waals surface area (Å²) in [5, 5.41) is 18.7. The van der Waals surface area contributed by atoms with E-state index in [0.717, 1.165) is 18.6 Å². The number of unbranched alkanes of at least 4 members (excludes halogenated alkanes) is 1. The summed E-state index contributed by atoms with van der Waals surface area (Å²) in [4.78, 5) is 24.5. The van der Waals surface area contributed by atoms with E-state index >= 15 is 0 Å². The van der Waals surface area contributed by atoms with E-state index in [4.69, 9.17) is 9.52 Å². The number of carbonyl (C=O) groups excluding carboxylic acids is 1. The average molecular weight is 361 g/mol. The molecule has 1 aliphatic heterocycles. The number of aliphatic carboxylic acids is 1. The van der Waals surface area contributed by atoms with E-state index < -0.39 is 12.1 Å². The molecular weight excluding hydrogens is 334 g/mol. The number of piperidine rings is 1. The van der Waals surface area contributed by atoms with Crippen molar-refractivity contribution in [1.29, 1.82) is 0 Å². The molecule has 1 amide bonds. The van der Waals surface area contributed by atoms with Gasteiger partial charge in [-0.3, -0.25) is 9.59 Å². The summed E-state index contributed by atoms with van der Waals surface area (Å²) in [6.45, 7) is 0.509. The van der Waals surface area contributed by atoms with Gasteiger partial charge in [-0.25, -0.2) is 0 Å². The zero-order valence-corrected chi connectivity index (χ0v) is 14.9. The lowest BCUT2D eigenvalue weighted by Crippen LogP contribution is -2.42. The van der Waals surface area contributed by atoms with Crippen molar-refractivity contribution < 1.29 is 24.2 Å². The summed E-state index contributed by atoms with van der Waals surface area (Å²) >= 11 is 0. The van der Waals surface area contributed by atoms with Crippen LogP contribution in [0, 0.1) is 0 Å². The van der Waals surface area contributed by atoms with Crippen molar-refractivity contribution in [2.45, 2.75) is 57.1 Å². The third kappa shape index (κ3) is 6.88. The topological polar surface area (TPSA) is 91.0 Å².